The van der Waals surface area contributed by atoms with Crippen molar-refractivity contribution in [3.63, 3.8) is 0 Å². The number of carbonyl (C=O) groups is 1. The minimum absolute atomic E-state index is 0.300. The zero-order valence-corrected chi connectivity index (χ0v) is 9.79. The molecule has 0 bridgehead atoms. The first-order chi connectivity index (χ1) is 7.54. The molecule has 0 radical (unpaired) electrons. The van der Waals surface area contributed by atoms with Gasteiger partial charge in [0.1, 0.15) is 6.04 Å². The Morgan fingerprint density at radius 2 is 2.06 bits per heavy atom. The number of aliphatic carboxylic acids is 1. The van der Waals surface area contributed by atoms with Crippen molar-refractivity contribution in [1.82, 2.24) is 5.32 Å². The van der Waals surface area contributed by atoms with Crippen molar-refractivity contribution >= 4 is 29.2 Å². The lowest BCUT2D eigenvalue weighted by molar-refractivity contribution is -0.140. The van der Waals surface area contributed by atoms with E-state index in [1.807, 2.05) is 0 Å². The van der Waals surface area contributed by atoms with E-state index in [0.29, 0.717) is 16.6 Å². The van der Waals surface area contributed by atoms with Crippen LogP contribution in [0.15, 0.2) is 18.2 Å². The summed E-state index contributed by atoms with van der Waals surface area (Å²) in [7, 11) is 0. The Kier molecular flexibility index (Phi) is 5.02. The number of aliphatic hydroxyl groups excluding tert-OH is 1. The lowest BCUT2D eigenvalue weighted by Crippen LogP contribution is -2.39. The molecule has 0 amide bonds. The maximum Gasteiger partial charge on any atom is 0.323 e. The number of rotatable bonds is 5. The quantitative estimate of drug-likeness (QED) is 0.754. The Labute approximate surface area is 103 Å². The van der Waals surface area contributed by atoms with Crippen molar-refractivity contribution in [2.75, 3.05) is 6.61 Å². The fourth-order valence-electron chi connectivity index (χ4n) is 1.12. The van der Waals surface area contributed by atoms with Gasteiger partial charge in [-0.2, -0.15) is 0 Å². The summed E-state index contributed by atoms with van der Waals surface area (Å²) in [6, 6.07) is 4.04. The molecule has 1 rings (SSSR count). The molecule has 0 aliphatic rings. The molecule has 1 unspecified atom stereocenters. The Hall–Kier alpha value is -0.810. The molecule has 1 aromatic carbocycles. The highest BCUT2D eigenvalue weighted by molar-refractivity contribution is 6.42. The van der Waals surface area contributed by atoms with Crippen LogP contribution in [0.5, 0.6) is 0 Å². The van der Waals surface area contributed by atoms with Gasteiger partial charge < -0.3 is 10.2 Å². The van der Waals surface area contributed by atoms with Crippen LogP contribution in [-0.4, -0.2) is 28.8 Å². The van der Waals surface area contributed by atoms with E-state index in [0.717, 1.165) is 5.56 Å². The van der Waals surface area contributed by atoms with Crippen LogP contribution in [0.2, 0.25) is 10.0 Å². The van der Waals surface area contributed by atoms with Crippen molar-refractivity contribution in [3.8, 4) is 0 Å². The third kappa shape index (κ3) is 3.64. The zero-order chi connectivity index (χ0) is 12.1. The van der Waals surface area contributed by atoms with Crippen LogP contribution >= 0.6 is 23.2 Å². The van der Waals surface area contributed by atoms with Crippen molar-refractivity contribution in [3.05, 3.63) is 33.8 Å². The van der Waals surface area contributed by atoms with Crippen molar-refractivity contribution in [1.29, 1.82) is 0 Å². The normalized spacial score (nSPS) is 12.4. The van der Waals surface area contributed by atoms with Gasteiger partial charge in [-0.25, -0.2) is 0 Å². The minimum Gasteiger partial charge on any atom is -0.480 e. The number of aliphatic hydroxyl groups is 1. The number of carboxylic acid groups (broad SMARTS) is 1. The Balaban J connectivity index is 2.60. The van der Waals surface area contributed by atoms with E-state index in [1.165, 1.54) is 0 Å². The first-order valence-corrected chi connectivity index (χ1v) is 5.31. The molecule has 0 aliphatic heterocycles. The molecule has 0 fully saturated rings. The van der Waals surface area contributed by atoms with E-state index in [4.69, 9.17) is 33.4 Å². The van der Waals surface area contributed by atoms with Gasteiger partial charge >= 0.3 is 5.97 Å². The van der Waals surface area contributed by atoms with Crippen LogP contribution < -0.4 is 5.32 Å². The summed E-state index contributed by atoms with van der Waals surface area (Å²) < 4.78 is 0. The summed E-state index contributed by atoms with van der Waals surface area (Å²) in [6.07, 6.45) is 0. The molecule has 4 nitrogen and oxygen atoms in total. The monoisotopic (exact) mass is 263 g/mol. The lowest BCUT2D eigenvalue weighted by atomic mass is 10.2. The maximum atomic E-state index is 10.6. The third-order valence-corrected chi connectivity index (χ3v) is 2.76. The van der Waals surface area contributed by atoms with Gasteiger partial charge in [0.05, 0.1) is 16.7 Å². The van der Waals surface area contributed by atoms with Gasteiger partial charge in [0.15, 0.2) is 0 Å². The van der Waals surface area contributed by atoms with Gasteiger partial charge in [-0.05, 0) is 17.7 Å². The van der Waals surface area contributed by atoms with Gasteiger partial charge in [0.25, 0.3) is 0 Å². The standard InChI is InChI=1S/C10H11Cl2NO3/c11-7-2-1-6(3-8(7)12)4-13-9(5-14)10(15)16/h1-3,9,13-14H,4-5H2,(H,15,16). The second-order valence-electron chi connectivity index (χ2n) is 3.20. The molecular weight excluding hydrogens is 253 g/mol. The molecule has 6 heteroatoms. The van der Waals surface area contributed by atoms with Gasteiger partial charge in [-0.3, -0.25) is 10.1 Å². The van der Waals surface area contributed by atoms with Crippen LogP contribution in [0.3, 0.4) is 0 Å². The van der Waals surface area contributed by atoms with Crippen molar-refractivity contribution < 1.29 is 15.0 Å². The average molecular weight is 264 g/mol. The highest BCUT2D eigenvalue weighted by atomic mass is 35.5. The predicted octanol–water partition coefficient (Wildman–Crippen LogP) is 1.53. The molecule has 0 spiro atoms. The maximum absolute atomic E-state index is 10.6. The summed E-state index contributed by atoms with van der Waals surface area (Å²) in [4.78, 5) is 10.6. The second kappa shape index (κ2) is 6.06. The summed E-state index contributed by atoms with van der Waals surface area (Å²) >= 11 is 11.5. The Bertz CT molecular complexity index is 384. The van der Waals surface area contributed by atoms with Crippen LogP contribution in [0.4, 0.5) is 0 Å². The number of benzene rings is 1. The summed E-state index contributed by atoms with van der Waals surface area (Å²) in [5.41, 5.74) is 0.800. The number of carboxylic acids is 1. The summed E-state index contributed by atoms with van der Waals surface area (Å²) in [5.74, 6) is -1.09. The lowest BCUT2D eigenvalue weighted by Gasteiger charge is -2.11. The van der Waals surface area contributed by atoms with Crippen LogP contribution in [0, 0.1) is 0 Å². The average Bonchev–Trinajstić information content (AvgIpc) is 2.23. The number of hydrogen-bond acceptors (Lipinski definition) is 3. The molecule has 1 aromatic rings. The first-order valence-electron chi connectivity index (χ1n) is 4.55. The largest absolute Gasteiger partial charge is 0.480 e. The van der Waals surface area contributed by atoms with Gasteiger partial charge in [0.2, 0.25) is 0 Å². The molecular formula is C10H11Cl2NO3. The first kappa shape index (κ1) is 13.3. The SMILES string of the molecule is O=C(O)C(CO)NCc1ccc(Cl)c(Cl)c1. The highest BCUT2D eigenvalue weighted by Crippen LogP contribution is 2.22. The summed E-state index contributed by atoms with van der Waals surface area (Å²) in [5, 5.41) is 21.0. The van der Waals surface area contributed by atoms with Crippen molar-refractivity contribution in [2.24, 2.45) is 0 Å². The van der Waals surface area contributed by atoms with E-state index in [-0.39, 0.29) is 0 Å². The number of hydrogen-bond donors (Lipinski definition) is 3. The van der Waals surface area contributed by atoms with E-state index >= 15 is 0 Å². The molecule has 16 heavy (non-hydrogen) atoms. The molecule has 0 aromatic heterocycles. The van der Waals surface area contributed by atoms with E-state index in [2.05, 4.69) is 5.32 Å². The van der Waals surface area contributed by atoms with E-state index in [1.54, 1.807) is 18.2 Å². The van der Waals surface area contributed by atoms with Crippen molar-refractivity contribution in [2.45, 2.75) is 12.6 Å². The van der Waals surface area contributed by atoms with E-state index < -0.39 is 18.6 Å². The molecule has 0 heterocycles. The summed E-state index contributed by atoms with van der Waals surface area (Å²) in [6.45, 7) is -0.162. The predicted molar refractivity (Wildman–Crippen MR) is 61.8 cm³/mol. The smallest absolute Gasteiger partial charge is 0.323 e. The molecule has 3 N–H and O–H groups in total. The highest BCUT2D eigenvalue weighted by Gasteiger charge is 2.14. The number of halogens is 2. The molecule has 0 saturated carbocycles. The van der Waals surface area contributed by atoms with Crippen LogP contribution in [0.1, 0.15) is 5.56 Å². The second-order valence-corrected chi connectivity index (χ2v) is 4.02. The fraction of sp³-hybridized carbons (Fsp3) is 0.300. The molecule has 88 valence electrons. The van der Waals surface area contributed by atoms with Crippen LogP contribution in [-0.2, 0) is 11.3 Å². The minimum atomic E-state index is -1.09. The van der Waals surface area contributed by atoms with Gasteiger partial charge in [0, 0.05) is 6.54 Å². The molecule has 0 aliphatic carbocycles. The molecule has 0 saturated heterocycles. The van der Waals surface area contributed by atoms with Gasteiger partial charge in [-0.15, -0.1) is 0 Å². The fourth-order valence-corrected chi connectivity index (χ4v) is 1.44. The Morgan fingerprint density at radius 3 is 2.56 bits per heavy atom. The topological polar surface area (TPSA) is 69.6 Å². The van der Waals surface area contributed by atoms with Gasteiger partial charge in [-0.1, -0.05) is 29.3 Å². The van der Waals surface area contributed by atoms with Crippen LogP contribution in [0.25, 0.3) is 0 Å². The molecule has 1 atom stereocenters. The number of nitrogens with one attached hydrogen (secondary N) is 1. The Morgan fingerprint density at radius 1 is 1.38 bits per heavy atom. The third-order valence-electron chi connectivity index (χ3n) is 2.02. The van der Waals surface area contributed by atoms with E-state index in [9.17, 15) is 4.79 Å². The zero-order valence-electron chi connectivity index (χ0n) is 8.28.